The molecule has 5 nitrogen and oxygen atoms in total. The number of aromatic hydroxyl groups is 1. The van der Waals surface area contributed by atoms with Crippen LogP contribution in [0.25, 0.3) is 0 Å². The van der Waals surface area contributed by atoms with E-state index < -0.39 is 0 Å². The molecule has 1 aromatic rings. The highest BCUT2D eigenvalue weighted by molar-refractivity contribution is 5.69. The van der Waals surface area contributed by atoms with E-state index in [1.54, 1.807) is 12.1 Å². The molecule has 98 valence electrons. The summed E-state index contributed by atoms with van der Waals surface area (Å²) in [6.07, 6.45) is 0.501. The van der Waals surface area contributed by atoms with Gasteiger partial charge in [-0.25, -0.2) is 0 Å². The number of esters is 1. The first-order chi connectivity index (χ1) is 8.63. The zero-order valence-electron chi connectivity index (χ0n) is 10.3. The van der Waals surface area contributed by atoms with Crippen LogP contribution in [0.1, 0.15) is 23.7 Å². The first-order valence-electron chi connectivity index (χ1n) is 5.88. The maximum Gasteiger partial charge on any atom is 0.307 e. The largest absolute Gasteiger partial charge is 0.508 e. The van der Waals surface area contributed by atoms with E-state index in [1.807, 2.05) is 6.07 Å². The Kier molecular flexibility index (Phi) is 3.84. The number of rotatable bonds is 4. The van der Waals surface area contributed by atoms with E-state index in [0.717, 1.165) is 11.1 Å². The Bertz CT molecular complexity index is 447. The lowest BCUT2D eigenvalue weighted by atomic mass is 10.1. The lowest BCUT2D eigenvalue weighted by Crippen LogP contribution is -2.27. The topological polar surface area (TPSA) is 81.8 Å². The molecule has 0 spiro atoms. The third-order valence-corrected chi connectivity index (χ3v) is 3.13. The van der Waals surface area contributed by atoms with Gasteiger partial charge in [0.1, 0.15) is 11.9 Å². The summed E-state index contributed by atoms with van der Waals surface area (Å²) >= 11 is 0. The highest BCUT2D eigenvalue weighted by Crippen LogP contribution is 2.38. The minimum absolute atomic E-state index is 0.183. The van der Waals surface area contributed by atoms with Gasteiger partial charge in [0.15, 0.2) is 0 Å². The number of hydrogen-bond donors (Lipinski definition) is 2. The van der Waals surface area contributed by atoms with Crippen molar-refractivity contribution in [3.63, 3.8) is 0 Å². The maximum atomic E-state index is 11.0. The van der Waals surface area contributed by atoms with Gasteiger partial charge < -0.3 is 20.3 Å². The van der Waals surface area contributed by atoms with Gasteiger partial charge in [0.05, 0.1) is 20.1 Å². The highest BCUT2D eigenvalue weighted by Gasteiger charge is 2.33. The maximum absolute atomic E-state index is 11.0. The minimum atomic E-state index is -0.356. The molecule has 0 radical (unpaired) electrons. The van der Waals surface area contributed by atoms with Gasteiger partial charge in [0.2, 0.25) is 0 Å². The van der Waals surface area contributed by atoms with Crippen LogP contribution in [0.5, 0.6) is 5.75 Å². The number of hydrogen-bond acceptors (Lipinski definition) is 5. The van der Waals surface area contributed by atoms with Crippen LogP contribution in [0.3, 0.4) is 0 Å². The van der Waals surface area contributed by atoms with Gasteiger partial charge in [0.25, 0.3) is 0 Å². The normalized spacial score (nSPS) is 21.7. The van der Waals surface area contributed by atoms with Crippen molar-refractivity contribution in [1.29, 1.82) is 0 Å². The minimum Gasteiger partial charge on any atom is -0.508 e. The molecule has 0 bridgehead atoms. The monoisotopic (exact) mass is 251 g/mol. The summed E-state index contributed by atoms with van der Waals surface area (Å²) in [5, 5.41) is 9.85. The molecular formula is C13H17NO4. The summed E-state index contributed by atoms with van der Waals surface area (Å²) < 4.78 is 10.1. The summed E-state index contributed by atoms with van der Waals surface area (Å²) in [5.74, 6) is -0.123. The van der Waals surface area contributed by atoms with Gasteiger partial charge in [0, 0.05) is 11.6 Å². The predicted molar refractivity (Wildman–Crippen MR) is 65.1 cm³/mol. The number of benzene rings is 1. The van der Waals surface area contributed by atoms with Crippen molar-refractivity contribution in [1.82, 2.24) is 0 Å². The van der Waals surface area contributed by atoms with Crippen molar-refractivity contribution in [3.05, 3.63) is 29.3 Å². The number of methoxy groups -OCH3 is 1. The molecule has 0 aromatic heterocycles. The molecule has 1 aliphatic rings. The molecule has 1 aliphatic carbocycles. The second-order valence-corrected chi connectivity index (χ2v) is 4.34. The van der Waals surface area contributed by atoms with Crippen LogP contribution >= 0.6 is 0 Å². The zero-order chi connectivity index (χ0) is 13.1. The molecule has 0 saturated heterocycles. The smallest absolute Gasteiger partial charge is 0.307 e. The Balaban J connectivity index is 2.04. The Morgan fingerprint density at radius 1 is 1.56 bits per heavy atom. The van der Waals surface area contributed by atoms with Crippen molar-refractivity contribution in [2.24, 2.45) is 5.73 Å². The van der Waals surface area contributed by atoms with Gasteiger partial charge in [-0.3, -0.25) is 4.79 Å². The molecule has 3 N–H and O–H groups in total. The molecule has 0 aliphatic heterocycles. The van der Waals surface area contributed by atoms with E-state index in [1.165, 1.54) is 7.11 Å². The van der Waals surface area contributed by atoms with Gasteiger partial charge in [-0.2, -0.15) is 0 Å². The van der Waals surface area contributed by atoms with Crippen molar-refractivity contribution < 1.29 is 19.4 Å². The third kappa shape index (κ3) is 2.47. The van der Waals surface area contributed by atoms with Crippen molar-refractivity contribution in [3.8, 4) is 5.75 Å². The number of fused-ring (bicyclic) bond motifs is 1. The van der Waals surface area contributed by atoms with E-state index in [0.29, 0.717) is 6.42 Å². The van der Waals surface area contributed by atoms with Crippen LogP contribution < -0.4 is 5.73 Å². The van der Waals surface area contributed by atoms with Gasteiger partial charge >= 0.3 is 5.97 Å². The van der Waals surface area contributed by atoms with Gasteiger partial charge in [-0.1, -0.05) is 12.1 Å². The van der Waals surface area contributed by atoms with Crippen molar-refractivity contribution in [2.45, 2.75) is 25.0 Å². The van der Waals surface area contributed by atoms with Crippen LogP contribution in [0, 0.1) is 0 Å². The molecule has 0 fully saturated rings. The summed E-state index contributed by atoms with van der Waals surface area (Å²) in [6, 6.07) is 5.15. The first kappa shape index (κ1) is 12.9. The van der Waals surface area contributed by atoms with Crippen LogP contribution in [-0.2, 0) is 20.7 Å². The molecule has 2 rings (SSSR count). The van der Waals surface area contributed by atoms with Gasteiger partial charge in [-0.15, -0.1) is 0 Å². The molecule has 1 aromatic carbocycles. The van der Waals surface area contributed by atoms with E-state index >= 15 is 0 Å². The van der Waals surface area contributed by atoms with Crippen LogP contribution in [-0.4, -0.2) is 30.8 Å². The van der Waals surface area contributed by atoms with E-state index in [2.05, 4.69) is 4.74 Å². The number of phenolic OH excluding ortho intramolecular Hbond substituents is 1. The summed E-state index contributed by atoms with van der Waals surface area (Å²) in [4.78, 5) is 11.0. The lowest BCUT2D eigenvalue weighted by molar-refractivity contribution is -0.142. The van der Waals surface area contributed by atoms with Crippen LogP contribution in [0.15, 0.2) is 18.2 Å². The van der Waals surface area contributed by atoms with Crippen molar-refractivity contribution >= 4 is 5.97 Å². The fraction of sp³-hybridized carbons (Fsp3) is 0.462. The third-order valence-electron chi connectivity index (χ3n) is 3.13. The van der Waals surface area contributed by atoms with Gasteiger partial charge in [-0.05, 0) is 18.1 Å². The van der Waals surface area contributed by atoms with Crippen LogP contribution in [0.2, 0.25) is 0 Å². The quantitative estimate of drug-likeness (QED) is 0.777. The molecule has 2 unspecified atom stereocenters. The van der Waals surface area contributed by atoms with Crippen LogP contribution in [0.4, 0.5) is 0 Å². The fourth-order valence-corrected chi connectivity index (χ4v) is 2.26. The van der Waals surface area contributed by atoms with E-state index in [-0.39, 0.29) is 36.9 Å². The summed E-state index contributed by atoms with van der Waals surface area (Å²) in [7, 11) is 1.34. The second-order valence-electron chi connectivity index (χ2n) is 4.34. The number of carbonyl (C=O) groups excluding carboxylic acids is 1. The summed E-state index contributed by atoms with van der Waals surface area (Å²) in [6.45, 7) is 0.235. The highest BCUT2D eigenvalue weighted by atomic mass is 16.5. The molecule has 0 heterocycles. The Labute approximate surface area is 106 Å². The van der Waals surface area contributed by atoms with Crippen molar-refractivity contribution in [2.75, 3.05) is 13.7 Å². The number of nitrogens with two attached hydrogens (primary N) is 1. The fourth-order valence-electron chi connectivity index (χ4n) is 2.26. The summed E-state index contributed by atoms with van der Waals surface area (Å²) in [5.41, 5.74) is 7.75. The Morgan fingerprint density at radius 2 is 2.33 bits per heavy atom. The molecule has 0 saturated carbocycles. The molecule has 18 heavy (non-hydrogen) atoms. The molecule has 2 atom stereocenters. The Morgan fingerprint density at radius 3 is 3.06 bits per heavy atom. The van der Waals surface area contributed by atoms with E-state index in [9.17, 15) is 9.90 Å². The first-order valence-corrected chi connectivity index (χ1v) is 5.88. The molecular weight excluding hydrogens is 234 g/mol. The molecule has 5 heteroatoms. The average Bonchev–Trinajstić information content (AvgIpc) is 2.67. The average molecular weight is 251 g/mol. The standard InChI is InChI=1S/C13H17NO4/c1-17-11(16)5-6-18-13-9(14)7-8-3-2-4-10(15)12(8)13/h2-4,9,13,15H,5-7,14H2,1H3. The lowest BCUT2D eigenvalue weighted by Gasteiger charge is -2.18. The second kappa shape index (κ2) is 5.37. The Hall–Kier alpha value is -1.59. The zero-order valence-corrected chi connectivity index (χ0v) is 10.3. The van der Waals surface area contributed by atoms with E-state index in [4.69, 9.17) is 10.5 Å². The number of ether oxygens (including phenoxy) is 2. The number of carbonyl (C=O) groups is 1. The number of phenols is 1. The SMILES string of the molecule is COC(=O)CCOC1c2c(O)cccc2CC1N. The molecule has 0 amide bonds. The predicted octanol–water partition coefficient (Wildman–Crippen LogP) is 0.896.